The van der Waals surface area contributed by atoms with E-state index in [0.29, 0.717) is 5.56 Å². The van der Waals surface area contributed by atoms with E-state index in [2.05, 4.69) is 10.6 Å². The average molecular weight is 320 g/mol. The maximum absolute atomic E-state index is 12.1. The number of carbonyl (C=O) groups is 3. The summed E-state index contributed by atoms with van der Waals surface area (Å²) >= 11 is 0. The summed E-state index contributed by atoms with van der Waals surface area (Å²) in [5, 5.41) is 4.75. The molecule has 0 aliphatic rings. The molecule has 0 aromatic heterocycles. The molecule has 0 aliphatic carbocycles. The van der Waals surface area contributed by atoms with Crippen LogP contribution < -0.4 is 10.6 Å². The van der Waals surface area contributed by atoms with Gasteiger partial charge >= 0.3 is 12.0 Å². The molecular formula is C17H24N2O4. The molecule has 0 spiro atoms. The first kappa shape index (κ1) is 18.7. The number of imide groups is 1. The molecule has 1 rings (SSSR count). The summed E-state index contributed by atoms with van der Waals surface area (Å²) < 4.78 is 5.13. The predicted octanol–water partition coefficient (Wildman–Crippen LogP) is 2.47. The largest absolute Gasteiger partial charge is 0.449 e. The van der Waals surface area contributed by atoms with Gasteiger partial charge in [-0.15, -0.1) is 0 Å². The molecule has 0 heterocycles. The third-order valence-corrected chi connectivity index (χ3v) is 3.20. The van der Waals surface area contributed by atoms with E-state index >= 15 is 0 Å². The van der Waals surface area contributed by atoms with Crippen LogP contribution in [0.25, 0.3) is 0 Å². The van der Waals surface area contributed by atoms with Crippen LogP contribution in [0.3, 0.4) is 0 Å². The first-order chi connectivity index (χ1) is 10.5. The number of rotatable bonds is 3. The lowest BCUT2D eigenvalue weighted by molar-refractivity contribution is -0.127. The van der Waals surface area contributed by atoms with Gasteiger partial charge < -0.3 is 10.1 Å². The van der Waals surface area contributed by atoms with Gasteiger partial charge in [0.2, 0.25) is 0 Å². The molecule has 23 heavy (non-hydrogen) atoms. The molecule has 0 saturated carbocycles. The standard InChI is InChI=1S/C17H24N2O4/c1-10-8-7-9-13(11(10)2)15(21)23-12(3)14(20)18-16(22)19-17(4,5)6/h7-9,12H,1-6H3,(H2,18,19,20,22). The molecule has 0 bridgehead atoms. The summed E-state index contributed by atoms with van der Waals surface area (Å²) in [7, 11) is 0. The topological polar surface area (TPSA) is 84.5 Å². The highest BCUT2D eigenvalue weighted by Gasteiger charge is 2.23. The zero-order valence-corrected chi connectivity index (χ0v) is 14.4. The van der Waals surface area contributed by atoms with Gasteiger partial charge in [0.25, 0.3) is 5.91 Å². The predicted molar refractivity (Wildman–Crippen MR) is 87.2 cm³/mol. The molecule has 1 aromatic carbocycles. The maximum atomic E-state index is 12.1. The molecule has 3 amide bonds. The van der Waals surface area contributed by atoms with Gasteiger partial charge in [-0.2, -0.15) is 0 Å². The fourth-order valence-corrected chi connectivity index (χ4v) is 1.84. The van der Waals surface area contributed by atoms with Gasteiger partial charge in [0.1, 0.15) is 0 Å². The van der Waals surface area contributed by atoms with Crippen LogP contribution in [0.1, 0.15) is 49.2 Å². The molecule has 0 radical (unpaired) electrons. The zero-order chi connectivity index (χ0) is 17.8. The van der Waals surface area contributed by atoms with Gasteiger partial charge in [0.05, 0.1) is 5.56 Å². The Balaban J connectivity index is 2.66. The maximum Gasteiger partial charge on any atom is 0.339 e. The molecule has 2 N–H and O–H groups in total. The van der Waals surface area contributed by atoms with Crippen molar-refractivity contribution in [2.45, 2.75) is 53.2 Å². The van der Waals surface area contributed by atoms with E-state index in [9.17, 15) is 14.4 Å². The Bertz CT molecular complexity index is 618. The highest BCUT2D eigenvalue weighted by atomic mass is 16.5. The smallest absolute Gasteiger partial charge is 0.339 e. The quantitative estimate of drug-likeness (QED) is 0.838. The number of benzene rings is 1. The number of urea groups is 1. The molecule has 126 valence electrons. The molecule has 0 fully saturated rings. The fourth-order valence-electron chi connectivity index (χ4n) is 1.84. The van der Waals surface area contributed by atoms with Crippen molar-refractivity contribution in [2.24, 2.45) is 0 Å². The number of carbonyl (C=O) groups excluding carboxylic acids is 3. The van der Waals surface area contributed by atoms with Crippen LogP contribution in [0.4, 0.5) is 4.79 Å². The number of hydrogen-bond acceptors (Lipinski definition) is 4. The minimum Gasteiger partial charge on any atom is -0.449 e. The first-order valence-corrected chi connectivity index (χ1v) is 7.41. The lowest BCUT2D eigenvalue weighted by atomic mass is 10.0. The van der Waals surface area contributed by atoms with Crippen LogP contribution in [-0.2, 0) is 9.53 Å². The van der Waals surface area contributed by atoms with E-state index in [-0.39, 0.29) is 0 Å². The summed E-state index contributed by atoms with van der Waals surface area (Å²) in [6.07, 6.45) is -1.08. The van der Waals surface area contributed by atoms with Gasteiger partial charge in [0.15, 0.2) is 6.10 Å². The monoisotopic (exact) mass is 320 g/mol. The molecule has 1 unspecified atom stereocenters. The van der Waals surface area contributed by atoms with Crippen molar-refractivity contribution in [3.05, 3.63) is 34.9 Å². The second kappa shape index (κ2) is 7.26. The fraction of sp³-hybridized carbons (Fsp3) is 0.471. The third kappa shape index (κ3) is 5.73. The van der Waals surface area contributed by atoms with E-state index in [1.807, 2.05) is 19.9 Å². The normalized spacial score (nSPS) is 12.3. The molecule has 0 saturated heterocycles. The van der Waals surface area contributed by atoms with Crippen molar-refractivity contribution >= 4 is 17.9 Å². The van der Waals surface area contributed by atoms with Gasteiger partial charge in [-0.05, 0) is 58.7 Å². The van der Waals surface area contributed by atoms with Crippen LogP contribution in [0.2, 0.25) is 0 Å². The van der Waals surface area contributed by atoms with Gasteiger partial charge in [-0.1, -0.05) is 12.1 Å². The van der Waals surface area contributed by atoms with E-state index in [1.165, 1.54) is 6.92 Å². The number of hydrogen-bond donors (Lipinski definition) is 2. The second-order valence-electron chi connectivity index (χ2n) is 6.49. The van der Waals surface area contributed by atoms with E-state index < -0.39 is 29.6 Å². The van der Waals surface area contributed by atoms with Crippen molar-refractivity contribution in [3.63, 3.8) is 0 Å². The van der Waals surface area contributed by atoms with E-state index in [0.717, 1.165) is 11.1 Å². The highest BCUT2D eigenvalue weighted by molar-refractivity contribution is 5.99. The van der Waals surface area contributed by atoms with Crippen molar-refractivity contribution in [3.8, 4) is 0 Å². The van der Waals surface area contributed by atoms with Crippen LogP contribution in [0.15, 0.2) is 18.2 Å². The summed E-state index contributed by atoms with van der Waals surface area (Å²) in [6, 6.07) is 4.65. The highest BCUT2D eigenvalue weighted by Crippen LogP contribution is 2.14. The number of aryl methyl sites for hydroxylation is 1. The van der Waals surface area contributed by atoms with Crippen molar-refractivity contribution < 1.29 is 19.1 Å². The Morgan fingerprint density at radius 2 is 1.74 bits per heavy atom. The van der Waals surface area contributed by atoms with Gasteiger partial charge in [-0.25, -0.2) is 9.59 Å². The van der Waals surface area contributed by atoms with Crippen molar-refractivity contribution in [1.29, 1.82) is 0 Å². The van der Waals surface area contributed by atoms with Crippen LogP contribution in [0.5, 0.6) is 0 Å². The van der Waals surface area contributed by atoms with Crippen LogP contribution in [0, 0.1) is 13.8 Å². The van der Waals surface area contributed by atoms with Crippen molar-refractivity contribution in [1.82, 2.24) is 10.6 Å². The summed E-state index contributed by atoms with van der Waals surface area (Å²) in [5.41, 5.74) is 1.70. The van der Waals surface area contributed by atoms with E-state index in [1.54, 1.807) is 32.9 Å². The zero-order valence-electron chi connectivity index (χ0n) is 14.4. The Morgan fingerprint density at radius 1 is 1.13 bits per heavy atom. The number of esters is 1. The Morgan fingerprint density at radius 3 is 2.30 bits per heavy atom. The van der Waals surface area contributed by atoms with Gasteiger partial charge in [0, 0.05) is 5.54 Å². The lowest BCUT2D eigenvalue weighted by Crippen LogP contribution is -2.50. The molecular weight excluding hydrogens is 296 g/mol. The molecule has 6 heteroatoms. The number of amides is 3. The number of nitrogens with one attached hydrogen (secondary N) is 2. The molecule has 0 aliphatic heterocycles. The summed E-state index contributed by atoms with van der Waals surface area (Å²) in [4.78, 5) is 35.7. The Kier molecular flexibility index (Phi) is 5.90. The minimum atomic E-state index is -1.08. The third-order valence-electron chi connectivity index (χ3n) is 3.20. The van der Waals surface area contributed by atoms with Crippen molar-refractivity contribution in [2.75, 3.05) is 0 Å². The van der Waals surface area contributed by atoms with E-state index in [4.69, 9.17) is 4.74 Å². The molecule has 1 atom stereocenters. The average Bonchev–Trinajstić information content (AvgIpc) is 2.39. The Labute approximate surface area is 136 Å². The number of ether oxygens (including phenoxy) is 1. The SMILES string of the molecule is Cc1cccc(C(=O)OC(C)C(=O)NC(=O)NC(C)(C)C)c1C. The van der Waals surface area contributed by atoms with Crippen LogP contribution >= 0.6 is 0 Å². The second-order valence-corrected chi connectivity index (χ2v) is 6.49. The molecule has 6 nitrogen and oxygen atoms in total. The van der Waals surface area contributed by atoms with Gasteiger partial charge in [-0.3, -0.25) is 10.1 Å². The molecule has 1 aromatic rings. The lowest BCUT2D eigenvalue weighted by Gasteiger charge is -2.21. The summed E-state index contributed by atoms with van der Waals surface area (Å²) in [6.45, 7) is 10.5. The minimum absolute atomic E-state index is 0.406. The van der Waals surface area contributed by atoms with Crippen LogP contribution in [-0.4, -0.2) is 29.6 Å². The Hall–Kier alpha value is -2.37. The summed E-state index contributed by atoms with van der Waals surface area (Å²) in [5.74, 6) is -1.27. The first-order valence-electron chi connectivity index (χ1n) is 7.41.